The Morgan fingerprint density at radius 3 is 2.62 bits per heavy atom. The Kier molecular flexibility index (Phi) is 6.78. The van der Waals surface area contributed by atoms with E-state index in [-0.39, 0.29) is 5.91 Å². The van der Waals surface area contributed by atoms with Crippen molar-refractivity contribution in [1.82, 2.24) is 15.1 Å². The van der Waals surface area contributed by atoms with E-state index in [0.29, 0.717) is 25.4 Å². The van der Waals surface area contributed by atoms with Crippen LogP contribution in [0.2, 0.25) is 0 Å². The number of anilines is 1. The molecule has 1 saturated heterocycles. The Labute approximate surface area is 190 Å². The highest BCUT2D eigenvalue weighted by molar-refractivity contribution is 5.93. The number of nitrogens with one attached hydrogen (secondary N) is 1. The van der Waals surface area contributed by atoms with E-state index >= 15 is 0 Å². The largest absolute Gasteiger partial charge is 0.493 e. The van der Waals surface area contributed by atoms with Crippen LogP contribution in [0.5, 0.6) is 5.75 Å². The zero-order valence-corrected chi connectivity index (χ0v) is 19.2. The van der Waals surface area contributed by atoms with Crippen LogP contribution in [-0.4, -0.2) is 53.8 Å². The smallest absolute Gasteiger partial charge is 0.272 e. The number of aromatic amines is 1. The third kappa shape index (κ3) is 4.64. The second kappa shape index (κ2) is 9.90. The van der Waals surface area contributed by atoms with Gasteiger partial charge in [0.25, 0.3) is 5.91 Å². The van der Waals surface area contributed by atoms with Crippen LogP contribution in [0.1, 0.15) is 41.4 Å². The number of aromatic nitrogens is 2. The average molecular weight is 433 g/mol. The Morgan fingerprint density at radius 1 is 1.06 bits per heavy atom. The number of unbranched alkanes of at least 4 members (excludes halogenated alkanes) is 1. The first-order valence-electron chi connectivity index (χ1n) is 11.5. The van der Waals surface area contributed by atoms with Gasteiger partial charge in [0.2, 0.25) is 0 Å². The summed E-state index contributed by atoms with van der Waals surface area (Å²) in [4.78, 5) is 17.4. The van der Waals surface area contributed by atoms with Gasteiger partial charge in [0.15, 0.2) is 0 Å². The molecule has 1 aromatic heterocycles. The molecule has 32 heavy (non-hydrogen) atoms. The zero-order chi connectivity index (χ0) is 22.5. The van der Waals surface area contributed by atoms with Gasteiger partial charge in [-0.3, -0.25) is 9.89 Å². The number of carbonyl (C=O) groups is 1. The number of nitrogens with zero attached hydrogens (tertiary/aromatic N) is 3. The van der Waals surface area contributed by atoms with Crippen LogP contribution in [0.3, 0.4) is 0 Å². The second-order valence-corrected chi connectivity index (χ2v) is 8.36. The molecule has 4 rings (SSSR count). The maximum atomic E-state index is 13.1. The standard InChI is InChI=1S/C26H32N4O2/c1-4-5-17-32-25-12-7-6-10-21(25)22-18-23(28-27-22)26(31)30-15-13-29(14-16-30)24-11-8-9-19(2)20(24)3/h6-12,18H,4-5,13-17H2,1-3H3,(H,27,28). The fraction of sp³-hybridized carbons (Fsp3) is 0.385. The van der Waals surface area contributed by atoms with Crippen LogP contribution in [0.4, 0.5) is 5.69 Å². The van der Waals surface area contributed by atoms with E-state index in [1.807, 2.05) is 35.2 Å². The molecule has 6 nitrogen and oxygen atoms in total. The number of H-pyrrole nitrogens is 1. The number of piperazine rings is 1. The zero-order valence-electron chi connectivity index (χ0n) is 19.2. The van der Waals surface area contributed by atoms with Gasteiger partial charge in [-0.2, -0.15) is 5.10 Å². The van der Waals surface area contributed by atoms with Crippen LogP contribution < -0.4 is 9.64 Å². The summed E-state index contributed by atoms with van der Waals surface area (Å²) in [5.74, 6) is 0.794. The molecule has 168 valence electrons. The van der Waals surface area contributed by atoms with E-state index in [1.165, 1.54) is 16.8 Å². The van der Waals surface area contributed by atoms with Crippen molar-refractivity contribution in [2.24, 2.45) is 0 Å². The van der Waals surface area contributed by atoms with Crippen molar-refractivity contribution in [3.8, 4) is 17.0 Å². The number of para-hydroxylation sites is 1. The summed E-state index contributed by atoms with van der Waals surface area (Å²) in [5, 5.41) is 7.36. The van der Waals surface area contributed by atoms with Gasteiger partial charge in [-0.05, 0) is 55.7 Å². The molecule has 0 bridgehead atoms. The van der Waals surface area contributed by atoms with Gasteiger partial charge in [0.05, 0.1) is 12.3 Å². The number of aryl methyl sites for hydroxylation is 1. The van der Waals surface area contributed by atoms with Crippen molar-refractivity contribution in [3.05, 3.63) is 65.4 Å². The number of benzene rings is 2. The molecule has 0 atom stereocenters. The van der Waals surface area contributed by atoms with Crippen molar-refractivity contribution in [2.45, 2.75) is 33.6 Å². The third-order valence-electron chi connectivity index (χ3n) is 6.21. The van der Waals surface area contributed by atoms with E-state index in [1.54, 1.807) is 0 Å². The molecule has 3 aromatic rings. The minimum atomic E-state index is -0.00579. The molecule has 1 amide bonds. The molecule has 0 spiro atoms. The monoisotopic (exact) mass is 432 g/mol. The summed E-state index contributed by atoms with van der Waals surface area (Å²) in [7, 11) is 0. The Morgan fingerprint density at radius 2 is 1.84 bits per heavy atom. The van der Waals surface area contributed by atoms with Gasteiger partial charge < -0.3 is 14.5 Å². The number of rotatable bonds is 7. The lowest BCUT2D eigenvalue weighted by atomic mass is 10.1. The molecule has 1 aliphatic heterocycles. The highest BCUT2D eigenvalue weighted by Crippen LogP contribution is 2.29. The van der Waals surface area contributed by atoms with Crippen molar-refractivity contribution in [2.75, 3.05) is 37.7 Å². The predicted octanol–water partition coefficient (Wildman–Crippen LogP) is 4.83. The maximum Gasteiger partial charge on any atom is 0.272 e. The highest BCUT2D eigenvalue weighted by Gasteiger charge is 2.25. The molecule has 1 fully saturated rings. The number of ether oxygens (including phenoxy) is 1. The molecule has 0 aliphatic carbocycles. The lowest BCUT2D eigenvalue weighted by Crippen LogP contribution is -2.49. The fourth-order valence-corrected chi connectivity index (χ4v) is 4.10. The molecule has 2 heterocycles. The highest BCUT2D eigenvalue weighted by atomic mass is 16.5. The Hall–Kier alpha value is -3.28. The van der Waals surface area contributed by atoms with Crippen LogP contribution in [0, 0.1) is 13.8 Å². The number of carbonyl (C=O) groups excluding carboxylic acids is 1. The molecule has 0 unspecified atom stereocenters. The fourth-order valence-electron chi connectivity index (χ4n) is 4.10. The van der Waals surface area contributed by atoms with E-state index in [0.717, 1.165) is 42.9 Å². The predicted molar refractivity (Wildman–Crippen MR) is 128 cm³/mol. The van der Waals surface area contributed by atoms with Crippen LogP contribution in [-0.2, 0) is 0 Å². The van der Waals surface area contributed by atoms with E-state index in [2.05, 4.69) is 54.1 Å². The lowest BCUT2D eigenvalue weighted by Gasteiger charge is -2.36. The van der Waals surface area contributed by atoms with E-state index in [4.69, 9.17) is 4.74 Å². The van der Waals surface area contributed by atoms with Crippen LogP contribution in [0.25, 0.3) is 11.3 Å². The third-order valence-corrected chi connectivity index (χ3v) is 6.21. The summed E-state index contributed by atoms with van der Waals surface area (Å²) in [6.45, 7) is 10.2. The van der Waals surface area contributed by atoms with Crippen molar-refractivity contribution >= 4 is 11.6 Å². The number of hydrogen-bond donors (Lipinski definition) is 1. The summed E-state index contributed by atoms with van der Waals surface area (Å²) < 4.78 is 5.94. The topological polar surface area (TPSA) is 61.5 Å². The molecular formula is C26H32N4O2. The molecular weight excluding hydrogens is 400 g/mol. The van der Waals surface area contributed by atoms with E-state index < -0.39 is 0 Å². The maximum absolute atomic E-state index is 13.1. The Bertz CT molecular complexity index is 1070. The van der Waals surface area contributed by atoms with Crippen molar-refractivity contribution < 1.29 is 9.53 Å². The van der Waals surface area contributed by atoms with Crippen molar-refractivity contribution in [1.29, 1.82) is 0 Å². The van der Waals surface area contributed by atoms with Crippen LogP contribution >= 0.6 is 0 Å². The summed E-state index contributed by atoms with van der Waals surface area (Å²) in [5.41, 5.74) is 6.02. The molecule has 0 saturated carbocycles. The van der Waals surface area contributed by atoms with Gasteiger partial charge in [-0.15, -0.1) is 0 Å². The molecule has 1 aliphatic rings. The number of amides is 1. The first-order valence-corrected chi connectivity index (χ1v) is 11.5. The van der Waals surface area contributed by atoms with Crippen LogP contribution in [0.15, 0.2) is 48.5 Å². The second-order valence-electron chi connectivity index (χ2n) is 8.36. The molecule has 6 heteroatoms. The minimum absolute atomic E-state index is 0.00579. The van der Waals surface area contributed by atoms with Gasteiger partial charge >= 0.3 is 0 Å². The Balaban J connectivity index is 1.42. The summed E-state index contributed by atoms with van der Waals surface area (Å²) in [6, 6.07) is 16.1. The molecule has 0 radical (unpaired) electrons. The normalized spacial score (nSPS) is 14.0. The molecule has 1 N–H and O–H groups in total. The van der Waals surface area contributed by atoms with E-state index in [9.17, 15) is 4.79 Å². The van der Waals surface area contributed by atoms with Gasteiger partial charge in [-0.1, -0.05) is 37.6 Å². The quantitative estimate of drug-likeness (QED) is 0.543. The molecule has 2 aromatic carbocycles. The number of hydrogen-bond acceptors (Lipinski definition) is 4. The van der Waals surface area contributed by atoms with Gasteiger partial charge in [0.1, 0.15) is 11.4 Å². The summed E-state index contributed by atoms with van der Waals surface area (Å²) in [6.07, 6.45) is 2.09. The first kappa shape index (κ1) is 21.9. The van der Waals surface area contributed by atoms with Crippen molar-refractivity contribution in [3.63, 3.8) is 0 Å². The first-order chi connectivity index (χ1) is 15.6. The summed E-state index contributed by atoms with van der Waals surface area (Å²) >= 11 is 0. The minimum Gasteiger partial charge on any atom is -0.493 e. The lowest BCUT2D eigenvalue weighted by molar-refractivity contribution is 0.0741. The van der Waals surface area contributed by atoms with Gasteiger partial charge in [-0.25, -0.2) is 0 Å². The SMILES string of the molecule is CCCCOc1ccccc1-c1cc(C(=O)N2CCN(c3cccc(C)c3C)CC2)[nH]n1. The average Bonchev–Trinajstić information content (AvgIpc) is 3.31. The van der Waals surface area contributed by atoms with Gasteiger partial charge in [0, 0.05) is 37.4 Å².